The second kappa shape index (κ2) is 5.87. The van der Waals surface area contributed by atoms with Gasteiger partial charge in [0.05, 0.1) is 11.4 Å². The van der Waals surface area contributed by atoms with Crippen molar-refractivity contribution in [3.8, 4) is 11.5 Å². The molecule has 2 unspecified atom stereocenters. The van der Waals surface area contributed by atoms with Gasteiger partial charge in [-0.05, 0) is 43.5 Å². The van der Waals surface area contributed by atoms with E-state index in [0.29, 0.717) is 0 Å². The summed E-state index contributed by atoms with van der Waals surface area (Å²) in [7, 11) is 0. The normalized spacial score (nSPS) is 21.2. The second-order valence-corrected chi connectivity index (χ2v) is 8.39. The monoisotopic (exact) mass is 394 g/mol. The largest absolute Gasteiger partial charge is 0.454 e. The molecular weight excluding hydrogens is 376 g/mol. The number of hydrogen-bond acceptors (Lipinski definition) is 8. The number of nitrogens with one attached hydrogen (secondary N) is 2. The molecule has 1 saturated heterocycles. The minimum absolute atomic E-state index is 0.0189. The molecule has 0 aliphatic carbocycles. The van der Waals surface area contributed by atoms with Gasteiger partial charge in [-0.1, -0.05) is 6.07 Å². The van der Waals surface area contributed by atoms with E-state index in [4.69, 9.17) is 14.5 Å². The molecule has 1 fully saturated rings. The molecule has 142 valence electrons. The number of aryl methyl sites for hydroxylation is 2. The highest BCUT2D eigenvalue weighted by Crippen LogP contribution is 2.38. The van der Waals surface area contributed by atoms with Gasteiger partial charge in [-0.3, -0.25) is 0 Å². The van der Waals surface area contributed by atoms with E-state index < -0.39 is 0 Å². The molecule has 2 atom stereocenters. The van der Waals surface area contributed by atoms with Gasteiger partial charge in [0.25, 0.3) is 0 Å². The SMILES string of the molecule is Cc1sc2ncn3nc(C4CC(c5ccc6c(c5)OCO6)NN4)nc3c2c1C. The first kappa shape index (κ1) is 16.2. The molecular formula is C19H18N6O2S. The zero-order valence-corrected chi connectivity index (χ0v) is 16.2. The first-order chi connectivity index (χ1) is 13.7. The van der Waals surface area contributed by atoms with Crippen molar-refractivity contribution >= 4 is 27.2 Å². The van der Waals surface area contributed by atoms with Gasteiger partial charge in [0.15, 0.2) is 23.0 Å². The zero-order valence-electron chi connectivity index (χ0n) is 15.4. The van der Waals surface area contributed by atoms with Crippen LogP contribution in [0.1, 0.15) is 40.3 Å². The average Bonchev–Trinajstić information content (AvgIpc) is 3.47. The van der Waals surface area contributed by atoms with E-state index in [2.05, 4.69) is 40.8 Å². The molecule has 0 saturated carbocycles. The number of fused-ring (bicyclic) bond motifs is 4. The van der Waals surface area contributed by atoms with Gasteiger partial charge in [-0.2, -0.15) is 0 Å². The summed E-state index contributed by atoms with van der Waals surface area (Å²) < 4.78 is 12.7. The molecule has 8 nitrogen and oxygen atoms in total. The Morgan fingerprint density at radius 1 is 1.14 bits per heavy atom. The van der Waals surface area contributed by atoms with Gasteiger partial charge in [0.2, 0.25) is 6.79 Å². The predicted molar refractivity (Wildman–Crippen MR) is 105 cm³/mol. The lowest BCUT2D eigenvalue weighted by molar-refractivity contribution is 0.174. The summed E-state index contributed by atoms with van der Waals surface area (Å²) in [6, 6.07) is 6.23. The molecule has 0 bridgehead atoms. The highest BCUT2D eigenvalue weighted by molar-refractivity contribution is 7.18. The highest BCUT2D eigenvalue weighted by Gasteiger charge is 2.30. The Balaban J connectivity index is 1.33. The van der Waals surface area contributed by atoms with E-state index in [9.17, 15) is 0 Å². The first-order valence-electron chi connectivity index (χ1n) is 9.19. The summed E-state index contributed by atoms with van der Waals surface area (Å²) in [5, 5.41) is 5.78. The molecule has 5 heterocycles. The summed E-state index contributed by atoms with van der Waals surface area (Å²) in [6.45, 7) is 4.52. The molecule has 1 aromatic carbocycles. The Labute approximate surface area is 164 Å². The smallest absolute Gasteiger partial charge is 0.231 e. The fourth-order valence-electron chi connectivity index (χ4n) is 3.88. The lowest BCUT2D eigenvalue weighted by atomic mass is 10.0. The maximum absolute atomic E-state index is 5.50. The molecule has 0 spiro atoms. The quantitative estimate of drug-likeness (QED) is 0.541. The molecule has 6 rings (SSSR count). The van der Waals surface area contributed by atoms with Gasteiger partial charge < -0.3 is 9.47 Å². The standard InChI is InChI=1S/C19H18N6O2S/c1-9-10(2)28-19-16(9)18-21-17(24-25(18)7-20-19)13-6-12(22-23-13)11-3-4-14-15(5-11)27-8-26-14/h3-5,7,12-13,22-23H,6,8H2,1-2H3. The lowest BCUT2D eigenvalue weighted by Gasteiger charge is -2.10. The molecule has 28 heavy (non-hydrogen) atoms. The number of ether oxygens (including phenoxy) is 2. The average molecular weight is 394 g/mol. The van der Waals surface area contributed by atoms with Crippen molar-refractivity contribution in [3.63, 3.8) is 0 Å². The molecule has 2 aliphatic heterocycles. The minimum Gasteiger partial charge on any atom is -0.454 e. The van der Waals surface area contributed by atoms with Crippen LogP contribution in [-0.2, 0) is 0 Å². The van der Waals surface area contributed by atoms with E-state index in [-0.39, 0.29) is 18.9 Å². The summed E-state index contributed by atoms with van der Waals surface area (Å²) in [5.41, 5.74) is 9.95. The number of hydrazine groups is 1. The first-order valence-corrected chi connectivity index (χ1v) is 10.0. The van der Waals surface area contributed by atoms with Crippen molar-refractivity contribution in [1.82, 2.24) is 30.4 Å². The third-order valence-electron chi connectivity index (χ3n) is 5.54. The van der Waals surface area contributed by atoms with Crippen LogP contribution in [0.4, 0.5) is 0 Å². The Bertz CT molecular complexity index is 1230. The van der Waals surface area contributed by atoms with Crippen LogP contribution in [0.25, 0.3) is 15.9 Å². The van der Waals surface area contributed by atoms with Crippen molar-refractivity contribution in [2.45, 2.75) is 32.4 Å². The molecule has 9 heteroatoms. The van der Waals surface area contributed by atoms with E-state index in [1.165, 1.54) is 10.4 Å². The van der Waals surface area contributed by atoms with Crippen LogP contribution in [0, 0.1) is 13.8 Å². The van der Waals surface area contributed by atoms with E-state index in [1.54, 1.807) is 22.2 Å². The fraction of sp³-hybridized carbons (Fsp3) is 0.316. The maximum atomic E-state index is 5.50. The number of hydrogen-bond donors (Lipinski definition) is 2. The minimum atomic E-state index is 0.0189. The Hall–Kier alpha value is -2.75. The van der Waals surface area contributed by atoms with Crippen LogP contribution < -0.4 is 20.3 Å². The van der Waals surface area contributed by atoms with Crippen molar-refractivity contribution in [2.24, 2.45) is 0 Å². The second-order valence-electron chi connectivity index (χ2n) is 7.19. The molecule has 3 aromatic heterocycles. The molecule has 0 radical (unpaired) electrons. The van der Waals surface area contributed by atoms with E-state index >= 15 is 0 Å². The van der Waals surface area contributed by atoms with Crippen LogP contribution in [-0.4, -0.2) is 26.4 Å². The van der Waals surface area contributed by atoms with E-state index in [0.717, 1.165) is 45.2 Å². The molecule has 2 aliphatic rings. The molecule has 0 amide bonds. The topological polar surface area (TPSA) is 85.6 Å². The van der Waals surface area contributed by atoms with Crippen LogP contribution in [0.2, 0.25) is 0 Å². The van der Waals surface area contributed by atoms with Gasteiger partial charge >= 0.3 is 0 Å². The number of nitrogens with zero attached hydrogens (tertiary/aromatic N) is 4. The fourth-order valence-corrected chi connectivity index (χ4v) is 4.87. The third kappa shape index (κ3) is 2.33. The number of rotatable bonds is 2. The van der Waals surface area contributed by atoms with Crippen molar-refractivity contribution in [1.29, 1.82) is 0 Å². The van der Waals surface area contributed by atoms with Crippen LogP contribution in [0.3, 0.4) is 0 Å². The number of benzene rings is 1. The zero-order chi connectivity index (χ0) is 18.8. The van der Waals surface area contributed by atoms with Crippen LogP contribution in [0.5, 0.6) is 11.5 Å². The van der Waals surface area contributed by atoms with Crippen molar-refractivity contribution < 1.29 is 9.47 Å². The Morgan fingerprint density at radius 2 is 2.00 bits per heavy atom. The van der Waals surface area contributed by atoms with Crippen LogP contribution >= 0.6 is 11.3 Å². The summed E-state index contributed by atoms with van der Waals surface area (Å²) in [6.07, 6.45) is 2.59. The van der Waals surface area contributed by atoms with Gasteiger partial charge in [-0.25, -0.2) is 25.3 Å². The van der Waals surface area contributed by atoms with Gasteiger partial charge in [0, 0.05) is 10.9 Å². The van der Waals surface area contributed by atoms with Gasteiger partial charge in [0.1, 0.15) is 11.2 Å². The summed E-state index contributed by atoms with van der Waals surface area (Å²) in [5.74, 6) is 2.37. The molecule has 4 aromatic rings. The van der Waals surface area contributed by atoms with Crippen LogP contribution in [0.15, 0.2) is 24.5 Å². The Morgan fingerprint density at radius 3 is 2.93 bits per heavy atom. The predicted octanol–water partition coefficient (Wildman–Crippen LogP) is 2.96. The van der Waals surface area contributed by atoms with E-state index in [1.807, 2.05) is 12.1 Å². The summed E-state index contributed by atoms with van der Waals surface area (Å²) in [4.78, 5) is 11.7. The highest BCUT2D eigenvalue weighted by atomic mass is 32.1. The van der Waals surface area contributed by atoms with Crippen molar-refractivity contribution in [2.75, 3.05) is 6.79 Å². The van der Waals surface area contributed by atoms with Gasteiger partial charge in [-0.15, -0.1) is 16.4 Å². The lowest BCUT2D eigenvalue weighted by Crippen LogP contribution is -2.27. The van der Waals surface area contributed by atoms with Crippen molar-refractivity contribution in [3.05, 3.63) is 46.4 Å². The third-order valence-corrected chi connectivity index (χ3v) is 6.65. The Kier molecular flexibility index (Phi) is 3.40. The summed E-state index contributed by atoms with van der Waals surface area (Å²) >= 11 is 1.70. The number of thiophene rings is 1. The number of aromatic nitrogens is 4. The molecule has 2 N–H and O–H groups in total. The maximum Gasteiger partial charge on any atom is 0.231 e.